The van der Waals surface area contributed by atoms with E-state index in [9.17, 15) is 26.3 Å². The van der Waals surface area contributed by atoms with Crippen LogP contribution in [0.3, 0.4) is 0 Å². The van der Waals surface area contributed by atoms with Gasteiger partial charge in [0.2, 0.25) is 0 Å². The van der Waals surface area contributed by atoms with E-state index < -0.39 is 34.9 Å². The first-order valence-electron chi connectivity index (χ1n) is 11.6. The van der Waals surface area contributed by atoms with Gasteiger partial charge < -0.3 is 0 Å². The van der Waals surface area contributed by atoms with Crippen LogP contribution in [0.1, 0.15) is 38.8 Å². The highest BCUT2D eigenvalue weighted by atomic mass is 19.2. The van der Waals surface area contributed by atoms with E-state index in [0.717, 1.165) is 23.3 Å². The molecule has 0 radical (unpaired) electrons. The van der Waals surface area contributed by atoms with E-state index in [1.165, 1.54) is 6.07 Å². The summed E-state index contributed by atoms with van der Waals surface area (Å²) in [5, 5.41) is 0. The van der Waals surface area contributed by atoms with Crippen LogP contribution < -0.4 is 0 Å². The molecule has 0 nitrogen and oxygen atoms in total. The summed E-state index contributed by atoms with van der Waals surface area (Å²) in [5.41, 5.74) is 3.02. The smallest absolute Gasteiger partial charge is 0.195 e. The number of halogens is 6. The molecule has 0 fully saturated rings. The second kappa shape index (κ2) is 14.8. The summed E-state index contributed by atoms with van der Waals surface area (Å²) in [6, 6.07) is 17.4. The molecule has 0 amide bonds. The van der Waals surface area contributed by atoms with Crippen molar-refractivity contribution in [3.63, 3.8) is 0 Å². The molecule has 0 N–H and O–H groups in total. The van der Waals surface area contributed by atoms with Crippen LogP contribution in [0.25, 0.3) is 22.3 Å². The minimum atomic E-state index is -1.43. The first-order chi connectivity index (χ1) is 17.2. The summed E-state index contributed by atoms with van der Waals surface area (Å²) in [5.74, 6) is -6.73. The summed E-state index contributed by atoms with van der Waals surface area (Å²) in [7, 11) is 0. The first kappa shape index (κ1) is 30.5. The molecule has 0 aliphatic heterocycles. The average Bonchev–Trinajstić information content (AvgIpc) is 2.89. The molecule has 0 saturated carbocycles. The summed E-state index contributed by atoms with van der Waals surface area (Å²) in [4.78, 5) is 0. The van der Waals surface area contributed by atoms with Gasteiger partial charge in [-0.3, -0.25) is 0 Å². The lowest BCUT2D eigenvalue weighted by Crippen LogP contribution is -1.93. The molecular formula is C30H30F6. The Labute approximate surface area is 209 Å². The Kier molecular flexibility index (Phi) is 12.5. The highest BCUT2D eigenvalue weighted by molar-refractivity contribution is 5.65. The minimum Gasteiger partial charge on any atom is -0.207 e. The van der Waals surface area contributed by atoms with Gasteiger partial charge in [-0.25, -0.2) is 26.3 Å². The molecule has 0 bridgehead atoms. The van der Waals surface area contributed by atoms with Crippen molar-refractivity contribution in [2.45, 2.75) is 41.5 Å². The van der Waals surface area contributed by atoms with Crippen LogP contribution in [0.15, 0.2) is 72.8 Å². The number of rotatable bonds is 2. The number of hydrogen-bond donors (Lipinski definition) is 0. The van der Waals surface area contributed by atoms with Gasteiger partial charge in [0, 0.05) is 17.2 Å². The van der Waals surface area contributed by atoms with E-state index in [1.54, 1.807) is 48.5 Å². The monoisotopic (exact) mass is 504 g/mol. The van der Waals surface area contributed by atoms with Crippen molar-refractivity contribution in [3.8, 4) is 22.3 Å². The van der Waals surface area contributed by atoms with Crippen molar-refractivity contribution < 1.29 is 26.3 Å². The van der Waals surface area contributed by atoms with Crippen molar-refractivity contribution in [1.29, 1.82) is 0 Å². The third-order valence-electron chi connectivity index (χ3n) is 4.75. The number of hydrogen-bond acceptors (Lipinski definition) is 0. The molecule has 0 spiro atoms. The molecule has 192 valence electrons. The van der Waals surface area contributed by atoms with E-state index in [1.807, 2.05) is 41.5 Å². The Balaban J connectivity index is 0.000000317. The van der Waals surface area contributed by atoms with Crippen LogP contribution in [0.5, 0.6) is 0 Å². The van der Waals surface area contributed by atoms with Crippen LogP contribution in [0, 0.1) is 48.8 Å². The van der Waals surface area contributed by atoms with Gasteiger partial charge in [0.15, 0.2) is 29.1 Å². The van der Waals surface area contributed by atoms with E-state index in [4.69, 9.17) is 0 Å². The lowest BCUT2D eigenvalue weighted by atomic mass is 10.0. The number of aryl methyl sites for hydroxylation is 2. The normalized spacial score (nSPS) is 9.67. The Morgan fingerprint density at radius 1 is 0.417 bits per heavy atom. The molecule has 0 unspecified atom stereocenters. The summed E-state index contributed by atoms with van der Waals surface area (Å²) in [6.07, 6.45) is 0. The second-order valence-corrected chi connectivity index (χ2v) is 7.20. The van der Waals surface area contributed by atoms with Crippen LogP contribution >= 0.6 is 0 Å². The molecule has 4 aromatic carbocycles. The third kappa shape index (κ3) is 8.01. The predicted molar refractivity (Wildman–Crippen MR) is 136 cm³/mol. The summed E-state index contributed by atoms with van der Waals surface area (Å²) >= 11 is 0. The zero-order valence-corrected chi connectivity index (χ0v) is 21.2. The van der Waals surface area contributed by atoms with Gasteiger partial charge in [-0.05, 0) is 43.2 Å². The fraction of sp³-hybridized carbons (Fsp3) is 0.200. The average molecular weight is 505 g/mol. The van der Waals surface area contributed by atoms with Gasteiger partial charge >= 0.3 is 0 Å². The van der Waals surface area contributed by atoms with Crippen LogP contribution in [0.4, 0.5) is 26.3 Å². The molecular weight excluding hydrogens is 474 g/mol. The van der Waals surface area contributed by atoms with Gasteiger partial charge in [0.1, 0.15) is 5.82 Å². The van der Waals surface area contributed by atoms with E-state index in [0.29, 0.717) is 17.2 Å². The topological polar surface area (TPSA) is 0 Å². The third-order valence-corrected chi connectivity index (χ3v) is 4.75. The van der Waals surface area contributed by atoms with Gasteiger partial charge in [-0.1, -0.05) is 87.4 Å². The minimum absolute atomic E-state index is 0.0579. The van der Waals surface area contributed by atoms with Gasteiger partial charge in [-0.2, -0.15) is 0 Å². The Bertz CT molecular complexity index is 1230. The predicted octanol–water partition coefficient (Wildman–Crippen LogP) is 10.2. The SMILES string of the molecule is CC.CC.Cc1ccc(-c2cc(F)cc(F)c2F)cc1.Cc1ccc(-c2ccc(F)c(F)c2F)cc1. The van der Waals surface area contributed by atoms with Gasteiger partial charge in [0.25, 0.3) is 0 Å². The molecule has 36 heavy (non-hydrogen) atoms. The second-order valence-electron chi connectivity index (χ2n) is 7.20. The van der Waals surface area contributed by atoms with Gasteiger partial charge in [-0.15, -0.1) is 0 Å². The fourth-order valence-corrected chi connectivity index (χ4v) is 2.98. The molecule has 0 heterocycles. The van der Waals surface area contributed by atoms with Crippen molar-refractivity contribution in [2.24, 2.45) is 0 Å². The maximum Gasteiger partial charge on any atom is 0.195 e. The lowest BCUT2D eigenvalue weighted by Gasteiger charge is -2.05. The Hall–Kier alpha value is -3.54. The lowest BCUT2D eigenvalue weighted by molar-refractivity contribution is 0.449. The van der Waals surface area contributed by atoms with Crippen molar-refractivity contribution in [3.05, 3.63) is 119 Å². The molecule has 4 aromatic rings. The number of benzene rings is 4. The van der Waals surface area contributed by atoms with E-state index in [-0.39, 0.29) is 11.1 Å². The molecule has 4 rings (SSSR count). The Morgan fingerprint density at radius 2 is 0.861 bits per heavy atom. The molecule has 6 heteroatoms. The zero-order chi connectivity index (χ0) is 27.4. The highest BCUT2D eigenvalue weighted by Gasteiger charge is 2.14. The largest absolute Gasteiger partial charge is 0.207 e. The van der Waals surface area contributed by atoms with E-state index in [2.05, 4.69) is 0 Å². The van der Waals surface area contributed by atoms with Crippen LogP contribution in [-0.2, 0) is 0 Å². The maximum atomic E-state index is 13.4. The zero-order valence-electron chi connectivity index (χ0n) is 21.2. The summed E-state index contributed by atoms with van der Waals surface area (Å²) < 4.78 is 78.5. The molecule has 0 saturated heterocycles. The van der Waals surface area contributed by atoms with Crippen LogP contribution in [-0.4, -0.2) is 0 Å². The Morgan fingerprint density at radius 3 is 1.33 bits per heavy atom. The molecule has 0 atom stereocenters. The highest BCUT2D eigenvalue weighted by Crippen LogP contribution is 2.27. The molecule has 0 aliphatic carbocycles. The fourth-order valence-electron chi connectivity index (χ4n) is 2.98. The van der Waals surface area contributed by atoms with Gasteiger partial charge in [0.05, 0.1) is 0 Å². The van der Waals surface area contributed by atoms with E-state index >= 15 is 0 Å². The van der Waals surface area contributed by atoms with Crippen molar-refractivity contribution >= 4 is 0 Å². The molecule has 0 aliphatic rings. The first-order valence-corrected chi connectivity index (χ1v) is 11.6. The van der Waals surface area contributed by atoms with Crippen molar-refractivity contribution in [2.75, 3.05) is 0 Å². The maximum absolute atomic E-state index is 13.4. The van der Waals surface area contributed by atoms with Crippen molar-refractivity contribution in [1.82, 2.24) is 0 Å². The molecule has 0 aromatic heterocycles. The standard InChI is InChI=1S/2C13H9F3.2C2H6/c1-8-2-4-9(5-3-8)11-6-10(14)7-12(15)13(11)16;1-8-2-4-9(5-3-8)10-6-7-11(14)13(16)12(10)15;2*1-2/h2*2-7H,1H3;2*1-2H3. The quantitative estimate of drug-likeness (QED) is 0.145. The summed E-state index contributed by atoms with van der Waals surface area (Å²) in [6.45, 7) is 11.8. The van der Waals surface area contributed by atoms with Crippen LogP contribution in [0.2, 0.25) is 0 Å².